The van der Waals surface area contributed by atoms with Gasteiger partial charge in [-0.1, -0.05) is 19.1 Å². The molecule has 458 valence electrons. The largest absolute Gasteiger partial charge is 0.507 e. The van der Waals surface area contributed by atoms with E-state index < -0.39 is 152 Å². The van der Waals surface area contributed by atoms with E-state index >= 15 is 0 Å². The lowest BCUT2D eigenvalue weighted by Crippen LogP contribution is -2.62. The minimum absolute atomic E-state index is 0.000437. The summed E-state index contributed by atoms with van der Waals surface area (Å²) in [4.78, 5) is 57.6. The molecule has 23 heteroatoms. The van der Waals surface area contributed by atoms with E-state index in [1.165, 1.54) is 24.3 Å². The minimum Gasteiger partial charge on any atom is -0.507 e. The summed E-state index contributed by atoms with van der Waals surface area (Å²) in [6, 6.07) is 4.99. The van der Waals surface area contributed by atoms with Gasteiger partial charge in [-0.25, -0.2) is 0 Å². The molecule has 9 aliphatic rings. The Hall–Kier alpha value is -3.96. The SMILES string of the molecule is CCC1(O)CC(OC2CC(N(C)C)C(OC3CC4OC5CC(=O)C(C)OC5OC4C(C)O3)C(C)O2)c2cc3c(c(O)c2C1OC1CC(N(C)C)C(OC2CC(O)C(OC4CCC(=O)C(C)O4)C(C)O2)C(C)O1)C(=O)c1cccc(O)c1C3=O. The van der Waals surface area contributed by atoms with Crippen molar-refractivity contribution in [3.63, 3.8) is 0 Å². The van der Waals surface area contributed by atoms with Gasteiger partial charge in [0.2, 0.25) is 0 Å². The number of aliphatic hydroxyl groups excluding tert-OH is 1. The molecular formula is C60H82N2O21. The molecule has 7 fully saturated rings. The fourth-order valence-corrected chi connectivity index (χ4v) is 13.9. The van der Waals surface area contributed by atoms with Gasteiger partial charge >= 0.3 is 0 Å². The molecule has 0 amide bonds. The number of likely N-dealkylation sites (N-methyl/N-ethyl adjacent to an activating group) is 2. The lowest BCUT2D eigenvalue weighted by atomic mass is 9.71. The number of hydrogen-bond donors (Lipinski definition) is 4. The molecule has 0 radical (unpaired) electrons. The maximum Gasteiger partial charge on any atom is 0.198 e. The molecule has 4 N–H and O–H groups in total. The van der Waals surface area contributed by atoms with Crippen LogP contribution in [0.3, 0.4) is 0 Å². The lowest BCUT2D eigenvalue weighted by Gasteiger charge is -2.51. The van der Waals surface area contributed by atoms with E-state index in [1.807, 2.05) is 58.8 Å². The molecule has 2 aliphatic carbocycles. The van der Waals surface area contributed by atoms with Gasteiger partial charge in [-0.05, 0) is 93.9 Å². The topological polar surface area (TPSA) is 276 Å². The van der Waals surface area contributed by atoms with Crippen LogP contribution in [0.4, 0.5) is 0 Å². The van der Waals surface area contributed by atoms with Crippen molar-refractivity contribution in [3.05, 3.63) is 57.6 Å². The molecule has 0 spiro atoms. The van der Waals surface area contributed by atoms with Crippen LogP contribution < -0.4 is 0 Å². The van der Waals surface area contributed by atoms with Gasteiger partial charge in [0.05, 0.1) is 59.5 Å². The molecule has 0 aromatic heterocycles. The molecular weight excluding hydrogens is 1080 g/mol. The molecule has 83 heavy (non-hydrogen) atoms. The van der Waals surface area contributed by atoms with Gasteiger partial charge in [0.25, 0.3) is 0 Å². The number of nitrogens with zero attached hydrogens (tertiary/aromatic N) is 2. The second kappa shape index (κ2) is 24.0. The molecule has 7 aliphatic heterocycles. The summed E-state index contributed by atoms with van der Waals surface area (Å²) < 4.78 is 83.9. The van der Waals surface area contributed by atoms with Gasteiger partial charge in [-0.3, -0.25) is 19.2 Å². The lowest BCUT2D eigenvalue weighted by molar-refractivity contribution is -0.371. The average Bonchev–Trinajstić information content (AvgIpc) is 3.51. The minimum atomic E-state index is -1.79. The Balaban J connectivity index is 0.833. The van der Waals surface area contributed by atoms with E-state index in [2.05, 4.69) is 0 Å². The average molecular weight is 1170 g/mol. The predicted octanol–water partition coefficient (Wildman–Crippen LogP) is 4.40. The van der Waals surface area contributed by atoms with Gasteiger partial charge in [-0.2, -0.15) is 0 Å². The molecule has 7 saturated heterocycles. The number of rotatable bonds is 13. The highest BCUT2D eigenvalue weighted by Gasteiger charge is 2.55. The first-order valence-corrected chi connectivity index (χ1v) is 29.5. The van der Waals surface area contributed by atoms with E-state index in [4.69, 9.17) is 61.6 Å². The Labute approximate surface area is 483 Å². The molecule has 24 unspecified atom stereocenters. The van der Waals surface area contributed by atoms with Crippen molar-refractivity contribution >= 4 is 23.1 Å². The molecule has 23 nitrogen and oxygen atoms in total. The van der Waals surface area contributed by atoms with Crippen LogP contribution in [0.1, 0.15) is 161 Å². The number of Topliss-reactive ketones (excluding diaryl/α,β-unsaturated/α-hetero) is 2. The summed E-state index contributed by atoms with van der Waals surface area (Å²) in [6.07, 6.45) is -13.3. The Bertz CT molecular complexity index is 2750. The van der Waals surface area contributed by atoms with Crippen LogP contribution in [0.25, 0.3) is 0 Å². The number of phenolic OH excluding ortho intramolecular Hbond substituents is 2. The number of ketones is 4. The monoisotopic (exact) mass is 1170 g/mol. The Morgan fingerprint density at radius 3 is 1.82 bits per heavy atom. The summed E-state index contributed by atoms with van der Waals surface area (Å²) in [6.45, 7) is 12.5. The van der Waals surface area contributed by atoms with Crippen molar-refractivity contribution in [2.45, 2.75) is 253 Å². The molecule has 7 heterocycles. The maximum atomic E-state index is 14.5. The van der Waals surface area contributed by atoms with Crippen molar-refractivity contribution < 1.29 is 101 Å². The number of fused-ring (bicyclic) bond motifs is 5. The highest BCUT2D eigenvalue weighted by atomic mass is 16.8. The quantitative estimate of drug-likeness (QED) is 0.185. The first-order chi connectivity index (χ1) is 39.4. The smallest absolute Gasteiger partial charge is 0.198 e. The van der Waals surface area contributed by atoms with E-state index in [0.717, 1.165) is 0 Å². The van der Waals surface area contributed by atoms with Crippen LogP contribution in [0, 0.1) is 0 Å². The number of carbonyl (C=O) groups is 4. The Morgan fingerprint density at radius 1 is 0.614 bits per heavy atom. The zero-order valence-corrected chi connectivity index (χ0v) is 49.1. The highest BCUT2D eigenvalue weighted by molar-refractivity contribution is 6.30. The van der Waals surface area contributed by atoms with Crippen molar-refractivity contribution in [1.82, 2.24) is 9.80 Å². The molecule has 11 rings (SSSR count). The predicted molar refractivity (Wildman–Crippen MR) is 288 cm³/mol. The second-order valence-electron chi connectivity index (χ2n) is 24.6. The fourth-order valence-electron chi connectivity index (χ4n) is 13.9. The number of hydrogen-bond acceptors (Lipinski definition) is 23. The van der Waals surface area contributed by atoms with Crippen molar-refractivity contribution in [1.29, 1.82) is 0 Å². The van der Waals surface area contributed by atoms with Crippen molar-refractivity contribution in [2.24, 2.45) is 0 Å². The summed E-state index contributed by atoms with van der Waals surface area (Å²) >= 11 is 0. The number of phenols is 2. The van der Waals surface area contributed by atoms with E-state index in [0.29, 0.717) is 19.3 Å². The molecule has 0 bridgehead atoms. The van der Waals surface area contributed by atoms with Gasteiger partial charge in [0.15, 0.2) is 60.9 Å². The van der Waals surface area contributed by atoms with Crippen LogP contribution in [-0.4, -0.2) is 216 Å². The Morgan fingerprint density at radius 2 is 1.19 bits per heavy atom. The summed E-state index contributed by atoms with van der Waals surface area (Å²) in [5, 5.41) is 48.1. The maximum absolute atomic E-state index is 14.5. The zero-order valence-electron chi connectivity index (χ0n) is 49.1. The molecule has 2 aromatic carbocycles. The Kier molecular flexibility index (Phi) is 17.5. The third kappa shape index (κ3) is 11.6. The fraction of sp³-hybridized carbons (Fsp3) is 0.733. The van der Waals surface area contributed by atoms with Gasteiger partial charge in [0, 0.05) is 80.1 Å². The van der Waals surface area contributed by atoms with Crippen LogP contribution in [0.5, 0.6) is 11.5 Å². The number of aromatic hydroxyl groups is 2. The highest BCUT2D eigenvalue weighted by Crippen LogP contribution is 2.55. The first-order valence-electron chi connectivity index (χ1n) is 29.5. The van der Waals surface area contributed by atoms with E-state index in [1.54, 1.807) is 27.7 Å². The van der Waals surface area contributed by atoms with E-state index in [-0.39, 0.29) is 101 Å². The van der Waals surface area contributed by atoms with Crippen LogP contribution >= 0.6 is 0 Å². The molecule has 0 saturated carbocycles. The number of benzene rings is 2. The zero-order chi connectivity index (χ0) is 59.2. The first kappa shape index (κ1) is 60.7. The number of aliphatic hydroxyl groups is 2. The number of ether oxygens (including phenoxy) is 13. The third-order valence-electron chi connectivity index (χ3n) is 18.6. The van der Waals surface area contributed by atoms with Crippen molar-refractivity contribution in [3.8, 4) is 11.5 Å². The normalized spacial score (nSPS) is 42.9. The van der Waals surface area contributed by atoms with Gasteiger partial charge in [0.1, 0.15) is 60.3 Å². The van der Waals surface area contributed by atoms with Gasteiger partial charge in [-0.15, -0.1) is 0 Å². The molecule has 24 atom stereocenters. The third-order valence-corrected chi connectivity index (χ3v) is 18.6. The number of carbonyl (C=O) groups excluding carboxylic acids is 4. The van der Waals surface area contributed by atoms with E-state index in [9.17, 15) is 39.6 Å². The van der Waals surface area contributed by atoms with Crippen LogP contribution in [0.2, 0.25) is 0 Å². The van der Waals surface area contributed by atoms with Crippen molar-refractivity contribution in [2.75, 3.05) is 28.2 Å². The summed E-state index contributed by atoms with van der Waals surface area (Å²) in [5.41, 5.74) is -2.21. The standard InChI is InChI=1S/C60H82N2O21/c1-12-60(70)24-42(78-44-19-34(61(8)9)55(27(4)72-44)81-47-23-40-57(30(7)75-47)83-59-41(77-40)21-38(65)26(3)76-59)32-18-33-49(51(67)31-14-13-15-37(64)48(31)52(33)68)53(69)50(32)58(60)82-45-20-35(62(10)11)54(28(5)73-45)80-46-22-39(66)56(29(6)74-46)79-43-17-16-36(63)25(2)71-43/h13-15,18,25-30,34-35,39-47,54-59,64,66,69-70H,12,16-17,19-24H2,1-11H3. The second-order valence-corrected chi connectivity index (χ2v) is 24.6. The van der Waals surface area contributed by atoms with Crippen LogP contribution in [-0.2, 0) is 71.2 Å². The molecule has 2 aromatic rings. The summed E-state index contributed by atoms with van der Waals surface area (Å²) in [7, 11) is 7.63. The summed E-state index contributed by atoms with van der Waals surface area (Å²) in [5.74, 6) is -2.39. The van der Waals surface area contributed by atoms with Gasteiger partial charge < -0.3 is 91.8 Å². The van der Waals surface area contributed by atoms with Crippen LogP contribution in [0.15, 0.2) is 24.3 Å².